The zero-order valence-corrected chi connectivity index (χ0v) is 12.2. The summed E-state index contributed by atoms with van der Waals surface area (Å²) >= 11 is 4.47. The second-order valence-corrected chi connectivity index (χ2v) is 5.41. The maximum atomic E-state index is 11.7. The first-order chi connectivity index (χ1) is 9.20. The average Bonchev–Trinajstić information content (AvgIpc) is 2.42. The molecule has 0 N–H and O–H groups in total. The molecule has 4 heteroatoms. The molecule has 3 nitrogen and oxygen atoms in total. The molecule has 0 aromatic heterocycles. The number of carbonyl (C=O) groups excluding carboxylic acids is 1. The summed E-state index contributed by atoms with van der Waals surface area (Å²) in [4.78, 5) is 15.1. The fraction of sp³-hybridized carbons (Fsp3) is 0.533. The maximum Gasteiger partial charge on any atom is 0.309 e. The Morgan fingerprint density at radius 3 is 2.68 bits per heavy atom. The van der Waals surface area contributed by atoms with Crippen LogP contribution in [0.2, 0.25) is 0 Å². The molecule has 0 bridgehead atoms. The summed E-state index contributed by atoms with van der Waals surface area (Å²) in [5.74, 6) is 0.0548. The van der Waals surface area contributed by atoms with E-state index in [1.807, 2.05) is 25.1 Å². The van der Waals surface area contributed by atoms with Gasteiger partial charge in [0, 0.05) is 11.4 Å². The molecular weight excluding hydrogens is 258 g/mol. The Kier molecular flexibility index (Phi) is 5.28. The van der Waals surface area contributed by atoms with Crippen molar-refractivity contribution in [2.24, 2.45) is 5.92 Å². The minimum absolute atomic E-state index is 0.0308. The highest BCUT2D eigenvalue weighted by molar-refractivity contribution is 7.80. The van der Waals surface area contributed by atoms with Crippen LogP contribution in [-0.2, 0) is 16.1 Å². The van der Waals surface area contributed by atoms with Gasteiger partial charge in [-0.1, -0.05) is 18.2 Å². The lowest BCUT2D eigenvalue weighted by Gasteiger charge is -2.31. The smallest absolute Gasteiger partial charge is 0.309 e. The molecule has 0 radical (unpaired) electrons. The third-order valence-electron chi connectivity index (χ3n) is 3.59. The van der Waals surface area contributed by atoms with Crippen molar-refractivity contribution in [3.63, 3.8) is 0 Å². The lowest BCUT2D eigenvalue weighted by atomic mass is 9.96. The third-order valence-corrected chi connectivity index (χ3v) is 4.03. The number of benzene rings is 1. The molecule has 1 heterocycles. The monoisotopic (exact) mass is 279 g/mol. The first-order valence-corrected chi connectivity index (χ1v) is 7.31. The number of thiol groups is 1. The fourth-order valence-corrected chi connectivity index (χ4v) is 2.70. The van der Waals surface area contributed by atoms with Crippen LogP contribution in [-0.4, -0.2) is 30.6 Å². The molecule has 0 saturated carbocycles. The van der Waals surface area contributed by atoms with Gasteiger partial charge in [-0.25, -0.2) is 0 Å². The van der Waals surface area contributed by atoms with Crippen LogP contribution in [0.1, 0.15) is 25.3 Å². The van der Waals surface area contributed by atoms with E-state index < -0.39 is 0 Å². The molecule has 1 fully saturated rings. The topological polar surface area (TPSA) is 29.5 Å². The lowest BCUT2D eigenvalue weighted by Crippen LogP contribution is -2.36. The zero-order chi connectivity index (χ0) is 13.7. The van der Waals surface area contributed by atoms with Gasteiger partial charge in [0.1, 0.15) is 0 Å². The summed E-state index contributed by atoms with van der Waals surface area (Å²) in [6.07, 6.45) is 1.79. The number of nitrogens with zero attached hydrogens (tertiary/aromatic N) is 1. The van der Waals surface area contributed by atoms with Crippen molar-refractivity contribution in [3.05, 3.63) is 29.8 Å². The standard InChI is InChI=1S/C15H21NO2S/c1-2-18-15(17)12-7-9-16(10-8-12)11-13-5-3-4-6-14(13)19/h3-6,12,19H,2,7-11H2,1H3. The second-order valence-electron chi connectivity index (χ2n) is 4.93. The van der Waals surface area contributed by atoms with Gasteiger partial charge in [0.05, 0.1) is 12.5 Å². The van der Waals surface area contributed by atoms with Crippen LogP contribution < -0.4 is 0 Å². The number of hydrogen-bond acceptors (Lipinski definition) is 4. The Bertz CT molecular complexity index is 428. The van der Waals surface area contributed by atoms with Gasteiger partial charge in [-0.05, 0) is 44.5 Å². The number of hydrogen-bond donors (Lipinski definition) is 1. The van der Waals surface area contributed by atoms with Gasteiger partial charge in [0.25, 0.3) is 0 Å². The van der Waals surface area contributed by atoms with Crippen molar-refractivity contribution in [1.82, 2.24) is 4.90 Å². The van der Waals surface area contributed by atoms with Gasteiger partial charge < -0.3 is 4.74 Å². The molecule has 1 aliphatic rings. The van der Waals surface area contributed by atoms with Crippen LogP contribution in [0.15, 0.2) is 29.2 Å². The number of rotatable bonds is 4. The minimum atomic E-state index is -0.0308. The maximum absolute atomic E-state index is 11.7. The summed E-state index contributed by atoms with van der Waals surface area (Å²) in [5.41, 5.74) is 1.25. The van der Waals surface area contributed by atoms with Gasteiger partial charge in [0.2, 0.25) is 0 Å². The van der Waals surface area contributed by atoms with Gasteiger partial charge in [0.15, 0.2) is 0 Å². The predicted octanol–water partition coefficient (Wildman–Crippen LogP) is 2.75. The Balaban J connectivity index is 1.84. The summed E-state index contributed by atoms with van der Waals surface area (Å²) in [6, 6.07) is 8.17. The summed E-state index contributed by atoms with van der Waals surface area (Å²) < 4.78 is 5.08. The molecule has 2 rings (SSSR count). The van der Waals surface area contributed by atoms with Crippen molar-refractivity contribution < 1.29 is 9.53 Å². The van der Waals surface area contributed by atoms with Crippen molar-refractivity contribution in [2.45, 2.75) is 31.2 Å². The normalized spacial score (nSPS) is 17.4. The third kappa shape index (κ3) is 3.98. The Morgan fingerprint density at radius 2 is 2.05 bits per heavy atom. The van der Waals surface area contributed by atoms with E-state index in [-0.39, 0.29) is 11.9 Å². The van der Waals surface area contributed by atoms with Crippen LogP contribution in [0.5, 0.6) is 0 Å². The molecule has 19 heavy (non-hydrogen) atoms. The summed E-state index contributed by atoms with van der Waals surface area (Å²) in [6.45, 7) is 5.15. The molecule has 104 valence electrons. The fourth-order valence-electron chi connectivity index (χ4n) is 2.47. The number of ether oxygens (including phenoxy) is 1. The average molecular weight is 279 g/mol. The molecule has 0 aliphatic carbocycles. The number of piperidine rings is 1. The summed E-state index contributed by atoms with van der Waals surface area (Å²) in [5, 5.41) is 0. The van der Waals surface area contributed by atoms with Crippen LogP contribution >= 0.6 is 12.6 Å². The van der Waals surface area contributed by atoms with E-state index in [1.165, 1.54) is 5.56 Å². The van der Waals surface area contributed by atoms with Crippen LogP contribution in [0, 0.1) is 5.92 Å². The number of likely N-dealkylation sites (tertiary alicyclic amines) is 1. The molecule has 1 aromatic rings. The van der Waals surface area contributed by atoms with Crippen LogP contribution in [0.25, 0.3) is 0 Å². The van der Waals surface area contributed by atoms with Crippen LogP contribution in [0.3, 0.4) is 0 Å². The van der Waals surface area contributed by atoms with E-state index in [4.69, 9.17) is 4.74 Å². The van der Waals surface area contributed by atoms with Gasteiger partial charge in [-0.2, -0.15) is 0 Å². The van der Waals surface area contributed by atoms with E-state index in [0.29, 0.717) is 6.61 Å². The minimum Gasteiger partial charge on any atom is -0.466 e. The molecule has 0 unspecified atom stereocenters. The SMILES string of the molecule is CCOC(=O)C1CCN(Cc2ccccc2S)CC1. The first kappa shape index (κ1) is 14.4. The predicted molar refractivity (Wildman–Crippen MR) is 78.3 cm³/mol. The zero-order valence-electron chi connectivity index (χ0n) is 11.3. The van der Waals surface area contributed by atoms with E-state index in [1.54, 1.807) is 0 Å². The molecule has 0 spiro atoms. The van der Waals surface area contributed by atoms with E-state index >= 15 is 0 Å². The molecular formula is C15H21NO2S. The largest absolute Gasteiger partial charge is 0.466 e. The van der Waals surface area contributed by atoms with Crippen molar-refractivity contribution >= 4 is 18.6 Å². The highest BCUT2D eigenvalue weighted by Crippen LogP contribution is 2.22. The quantitative estimate of drug-likeness (QED) is 0.679. The number of carbonyl (C=O) groups is 1. The molecule has 1 aliphatic heterocycles. The highest BCUT2D eigenvalue weighted by atomic mass is 32.1. The first-order valence-electron chi connectivity index (χ1n) is 6.86. The van der Waals surface area contributed by atoms with E-state index in [0.717, 1.165) is 37.4 Å². The Hall–Kier alpha value is -1.00. The molecule has 1 saturated heterocycles. The van der Waals surface area contributed by atoms with Crippen molar-refractivity contribution in [2.75, 3.05) is 19.7 Å². The molecule has 1 aromatic carbocycles. The highest BCUT2D eigenvalue weighted by Gasteiger charge is 2.25. The van der Waals surface area contributed by atoms with Crippen LogP contribution in [0.4, 0.5) is 0 Å². The second kappa shape index (κ2) is 6.96. The van der Waals surface area contributed by atoms with Gasteiger partial charge in [-0.15, -0.1) is 12.6 Å². The van der Waals surface area contributed by atoms with E-state index in [9.17, 15) is 4.79 Å². The Morgan fingerprint density at radius 1 is 1.37 bits per heavy atom. The van der Waals surface area contributed by atoms with Crippen molar-refractivity contribution in [3.8, 4) is 0 Å². The van der Waals surface area contributed by atoms with Gasteiger partial charge in [-0.3, -0.25) is 9.69 Å². The molecule has 0 atom stereocenters. The summed E-state index contributed by atoms with van der Waals surface area (Å²) in [7, 11) is 0. The van der Waals surface area contributed by atoms with E-state index in [2.05, 4.69) is 23.6 Å². The van der Waals surface area contributed by atoms with Gasteiger partial charge >= 0.3 is 5.97 Å². The Labute approximate surface area is 120 Å². The number of esters is 1. The molecule has 0 amide bonds. The van der Waals surface area contributed by atoms with Crippen molar-refractivity contribution in [1.29, 1.82) is 0 Å². The lowest BCUT2D eigenvalue weighted by molar-refractivity contribution is -0.149.